The molecule has 0 aliphatic rings. The van der Waals surface area contributed by atoms with Crippen LogP contribution in [-0.2, 0) is 0 Å². The van der Waals surface area contributed by atoms with Crippen LogP contribution in [0.4, 0.5) is 0 Å². The summed E-state index contributed by atoms with van der Waals surface area (Å²) >= 11 is 6.14. The third kappa shape index (κ3) is 1.62. The molecule has 1 N–H and O–H groups in total. The predicted octanol–water partition coefficient (Wildman–Crippen LogP) is 4.34. The van der Waals surface area contributed by atoms with Gasteiger partial charge in [-0.05, 0) is 40.4 Å². The quantitative estimate of drug-likeness (QED) is 0.658. The van der Waals surface area contributed by atoms with E-state index in [9.17, 15) is 9.90 Å². The molecule has 0 saturated carbocycles. The topological polar surface area (TPSA) is 37.3 Å². The van der Waals surface area contributed by atoms with Crippen LogP contribution in [0.3, 0.4) is 0 Å². The molecule has 3 rings (SSSR count). The smallest absolute Gasteiger partial charge is 0.336 e. The number of fused-ring (bicyclic) bond motifs is 2. The fraction of sp³-hybridized carbons (Fsp3) is 0. The molecule has 0 aliphatic carbocycles. The van der Waals surface area contributed by atoms with Crippen molar-refractivity contribution in [1.82, 2.24) is 0 Å². The van der Waals surface area contributed by atoms with Gasteiger partial charge in [0.1, 0.15) is 0 Å². The first-order valence-electron chi connectivity index (χ1n) is 5.51. The number of hydrogen-bond donors (Lipinski definition) is 1. The summed E-state index contributed by atoms with van der Waals surface area (Å²) in [5.41, 5.74) is 0.300. The summed E-state index contributed by atoms with van der Waals surface area (Å²) in [5.74, 6) is -0.924. The Bertz CT molecular complexity index is 778. The summed E-state index contributed by atoms with van der Waals surface area (Å²) in [5, 5.41) is 13.3. The number of rotatable bonds is 1. The van der Waals surface area contributed by atoms with Crippen LogP contribution in [0.15, 0.2) is 48.5 Å². The number of halogens is 1. The minimum atomic E-state index is -0.924. The van der Waals surface area contributed by atoms with E-state index in [1.807, 2.05) is 30.3 Å². The summed E-state index contributed by atoms with van der Waals surface area (Å²) in [6, 6.07) is 14.7. The van der Waals surface area contributed by atoms with E-state index in [2.05, 4.69) is 0 Å². The van der Waals surface area contributed by atoms with Crippen molar-refractivity contribution < 1.29 is 9.90 Å². The Labute approximate surface area is 108 Å². The highest BCUT2D eigenvalue weighted by atomic mass is 35.5. The number of carboxylic acid groups (broad SMARTS) is 1. The Morgan fingerprint density at radius 1 is 0.944 bits per heavy atom. The summed E-state index contributed by atoms with van der Waals surface area (Å²) in [6.07, 6.45) is 0. The second-order valence-corrected chi connectivity index (χ2v) is 4.55. The molecule has 18 heavy (non-hydrogen) atoms. The van der Waals surface area contributed by atoms with Crippen LogP contribution < -0.4 is 0 Å². The van der Waals surface area contributed by atoms with Gasteiger partial charge in [0.2, 0.25) is 0 Å². The van der Waals surface area contributed by atoms with E-state index in [1.54, 1.807) is 18.2 Å². The first kappa shape index (κ1) is 11.1. The first-order chi connectivity index (χ1) is 8.66. The predicted molar refractivity (Wildman–Crippen MR) is 73.4 cm³/mol. The summed E-state index contributed by atoms with van der Waals surface area (Å²) < 4.78 is 0. The maximum absolute atomic E-state index is 11.2. The average Bonchev–Trinajstić information content (AvgIpc) is 2.36. The molecule has 0 saturated heterocycles. The van der Waals surface area contributed by atoms with E-state index in [4.69, 9.17) is 11.6 Å². The van der Waals surface area contributed by atoms with Crippen LogP contribution in [-0.4, -0.2) is 11.1 Å². The van der Waals surface area contributed by atoms with E-state index < -0.39 is 5.97 Å². The lowest BCUT2D eigenvalue weighted by molar-refractivity contribution is 0.0699. The fourth-order valence-corrected chi connectivity index (χ4v) is 2.44. The van der Waals surface area contributed by atoms with Crippen LogP contribution in [0, 0.1) is 0 Å². The summed E-state index contributed by atoms with van der Waals surface area (Å²) in [4.78, 5) is 11.2. The van der Waals surface area contributed by atoms with Gasteiger partial charge in [-0.25, -0.2) is 4.79 Å². The molecule has 0 heterocycles. The van der Waals surface area contributed by atoms with Crippen molar-refractivity contribution in [3.63, 3.8) is 0 Å². The van der Waals surface area contributed by atoms with Crippen LogP contribution in [0.25, 0.3) is 21.5 Å². The van der Waals surface area contributed by atoms with Gasteiger partial charge in [0.15, 0.2) is 0 Å². The molecule has 0 unspecified atom stereocenters. The Kier molecular flexibility index (Phi) is 2.46. The summed E-state index contributed by atoms with van der Waals surface area (Å²) in [7, 11) is 0. The maximum Gasteiger partial charge on any atom is 0.336 e. The standard InChI is InChI=1S/C15H9ClO2/c16-14-6-2-4-10-7-9-3-1-5-11(15(17)18)12(9)8-13(10)14/h1-8H,(H,17,18). The molecule has 0 amide bonds. The normalized spacial score (nSPS) is 10.9. The first-order valence-corrected chi connectivity index (χ1v) is 5.89. The Balaban J connectivity index is 2.50. The van der Waals surface area contributed by atoms with Crippen molar-refractivity contribution in [3.8, 4) is 0 Å². The van der Waals surface area contributed by atoms with Crippen LogP contribution in [0.2, 0.25) is 5.02 Å². The van der Waals surface area contributed by atoms with Gasteiger partial charge in [-0.2, -0.15) is 0 Å². The van der Waals surface area contributed by atoms with Gasteiger partial charge in [0.05, 0.1) is 5.56 Å². The third-order valence-corrected chi connectivity index (χ3v) is 3.39. The maximum atomic E-state index is 11.2. The van der Waals surface area contributed by atoms with Gasteiger partial charge >= 0.3 is 5.97 Å². The minimum Gasteiger partial charge on any atom is -0.478 e. The SMILES string of the molecule is O=C(O)c1cccc2cc3cccc(Cl)c3cc12. The zero-order chi connectivity index (χ0) is 12.7. The molecule has 0 bridgehead atoms. The van der Waals surface area contributed by atoms with Crippen molar-refractivity contribution in [2.75, 3.05) is 0 Å². The molecular formula is C15H9ClO2. The van der Waals surface area contributed by atoms with Gasteiger partial charge in [0.25, 0.3) is 0 Å². The number of aromatic carboxylic acids is 1. The van der Waals surface area contributed by atoms with Crippen molar-refractivity contribution >= 4 is 39.1 Å². The molecule has 2 nitrogen and oxygen atoms in total. The van der Waals surface area contributed by atoms with Crippen LogP contribution >= 0.6 is 11.6 Å². The second-order valence-electron chi connectivity index (χ2n) is 4.15. The van der Waals surface area contributed by atoms with Crippen molar-refractivity contribution in [2.24, 2.45) is 0 Å². The highest BCUT2D eigenvalue weighted by Crippen LogP contribution is 2.29. The fourth-order valence-electron chi connectivity index (χ4n) is 2.20. The van der Waals surface area contributed by atoms with Gasteiger partial charge in [0, 0.05) is 10.4 Å². The monoisotopic (exact) mass is 256 g/mol. The Morgan fingerprint density at radius 2 is 1.61 bits per heavy atom. The summed E-state index contributed by atoms with van der Waals surface area (Å²) in [6.45, 7) is 0. The average molecular weight is 257 g/mol. The van der Waals surface area contributed by atoms with E-state index in [1.165, 1.54) is 0 Å². The van der Waals surface area contributed by atoms with E-state index in [0.29, 0.717) is 16.0 Å². The molecule has 0 aromatic heterocycles. The molecule has 0 aliphatic heterocycles. The van der Waals surface area contributed by atoms with Gasteiger partial charge < -0.3 is 5.11 Å². The van der Waals surface area contributed by atoms with Crippen molar-refractivity contribution in [3.05, 3.63) is 59.1 Å². The lowest BCUT2D eigenvalue weighted by Gasteiger charge is -2.06. The lowest BCUT2D eigenvalue weighted by Crippen LogP contribution is -1.97. The van der Waals surface area contributed by atoms with Crippen molar-refractivity contribution in [2.45, 2.75) is 0 Å². The molecule has 88 valence electrons. The van der Waals surface area contributed by atoms with Crippen LogP contribution in [0.1, 0.15) is 10.4 Å². The molecule has 3 aromatic rings. The van der Waals surface area contributed by atoms with Crippen LogP contribution in [0.5, 0.6) is 0 Å². The number of hydrogen-bond acceptors (Lipinski definition) is 1. The molecule has 0 fully saturated rings. The lowest BCUT2D eigenvalue weighted by atomic mass is 10.00. The molecule has 0 radical (unpaired) electrons. The van der Waals surface area contributed by atoms with E-state index in [-0.39, 0.29) is 0 Å². The number of carbonyl (C=O) groups is 1. The highest BCUT2D eigenvalue weighted by molar-refractivity contribution is 6.36. The third-order valence-electron chi connectivity index (χ3n) is 3.06. The van der Waals surface area contributed by atoms with Crippen molar-refractivity contribution in [1.29, 1.82) is 0 Å². The molecule has 0 spiro atoms. The molecule has 3 heteroatoms. The van der Waals surface area contributed by atoms with E-state index in [0.717, 1.165) is 16.2 Å². The minimum absolute atomic E-state index is 0.300. The largest absolute Gasteiger partial charge is 0.478 e. The van der Waals surface area contributed by atoms with Gasteiger partial charge in [-0.3, -0.25) is 0 Å². The highest BCUT2D eigenvalue weighted by Gasteiger charge is 2.09. The molecular weight excluding hydrogens is 248 g/mol. The molecule has 3 aromatic carbocycles. The van der Waals surface area contributed by atoms with E-state index >= 15 is 0 Å². The zero-order valence-electron chi connectivity index (χ0n) is 9.35. The second kappa shape index (κ2) is 4.00. The Hall–Kier alpha value is -2.06. The van der Waals surface area contributed by atoms with Gasteiger partial charge in [-0.1, -0.05) is 35.9 Å². The number of carboxylic acids is 1. The van der Waals surface area contributed by atoms with Gasteiger partial charge in [-0.15, -0.1) is 0 Å². The molecule has 0 atom stereocenters. The zero-order valence-corrected chi connectivity index (χ0v) is 10.1. The number of benzene rings is 3. The Morgan fingerprint density at radius 3 is 2.33 bits per heavy atom.